The number of rotatable bonds is 6. The van der Waals surface area contributed by atoms with Crippen molar-refractivity contribution in [3.8, 4) is 0 Å². The van der Waals surface area contributed by atoms with Crippen molar-refractivity contribution in [2.75, 3.05) is 0 Å². The molecule has 0 aromatic heterocycles. The minimum absolute atomic E-state index is 0.0957. The van der Waals surface area contributed by atoms with Gasteiger partial charge in [0.25, 0.3) is 0 Å². The first-order valence-corrected chi connectivity index (χ1v) is 4.91. The molecule has 0 aliphatic rings. The van der Waals surface area contributed by atoms with Crippen LogP contribution in [-0.4, -0.2) is 23.3 Å². The smallest absolute Gasteiger partial charge is 0.309 e. The monoisotopic (exact) mass is 188 g/mol. The van der Waals surface area contributed by atoms with Crippen LogP contribution in [0.1, 0.15) is 40.5 Å². The molecule has 0 aliphatic heterocycles. The second-order valence-electron chi connectivity index (χ2n) is 3.48. The maximum atomic E-state index is 10.8. The topological polar surface area (TPSA) is 46.5 Å². The molecule has 0 aromatic rings. The maximum Gasteiger partial charge on any atom is 0.309 e. The zero-order chi connectivity index (χ0) is 10.4. The minimum Gasteiger partial charge on any atom is -0.481 e. The molecule has 0 fully saturated rings. The predicted octanol–water partition coefficient (Wildman–Crippen LogP) is 2.30. The van der Waals surface area contributed by atoms with E-state index in [9.17, 15) is 4.79 Å². The fraction of sp³-hybridized carbons (Fsp3) is 0.900. The van der Waals surface area contributed by atoms with Crippen LogP contribution in [0.25, 0.3) is 0 Å². The van der Waals surface area contributed by atoms with Gasteiger partial charge in [0.2, 0.25) is 0 Å². The summed E-state index contributed by atoms with van der Waals surface area (Å²) in [4.78, 5) is 10.8. The SMILES string of the molecule is CCC(OC(C)C)C(CC)C(=O)O. The highest BCUT2D eigenvalue weighted by atomic mass is 16.5. The Morgan fingerprint density at radius 2 is 1.85 bits per heavy atom. The molecule has 0 aliphatic carbocycles. The van der Waals surface area contributed by atoms with Crippen LogP contribution in [-0.2, 0) is 9.53 Å². The largest absolute Gasteiger partial charge is 0.481 e. The van der Waals surface area contributed by atoms with E-state index in [1.165, 1.54) is 0 Å². The molecule has 3 heteroatoms. The quantitative estimate of drug-likeness (QED) is 0.695. The predicted molar refractivity (Wildman–Crippen MR) is 51.7 cm³/mol. The van der Waals surface area contributed by atoms with E-state index in [2.05, 4.69) is 0 Å². The van der Waals surface area contributed by atoms with Gasteiger partial charge in [0.05, 0.1) is 18.1 Å². The summed E-state index contributed by atoms with van der Waals surface area (Å²) in [6, 6.07) is 0. The van der Waals surface area contributed by atoms with E-state index in [4.69, 9.17) is 9.84 Å². The van der Waals surface area contributed by atoms with Crippen LogP contribution in [0.5, 0.6) is 0 Å². The maximum absolute atomic E-state index is 10.8. The Bertz CT molecular complexity index is 154. The van der Waals surface area contributed by atoms with E-state index < -0.39 is 5.97 Å². The fourth-order valence-electron chi connectivity index (χ4n) is 1.42. The second-order valence-corrected chi connectivity index (χ2v) is 3.48. The summed E-state index contributed by atoms with van der Waals surface area (Å²) in [7, 11) is 0. The van der Waals surface area contributed by atoms with Gasteiger partial charge in [-0.3, -0.25) is 4.79 Å². The number of hydrogen-bond acceptors (Lipinski definition) is 2. The first-order valence-electron chi connectivity index (χ1n) is 4.91. The molecule has 0 radical (unpaired) electrons. The Morgan fingerprint density at radius 1 is 1.31 bits per heavy atom. The second kappa shape index (κ2) is 5.97. The summed E-state index contributed by atoms with van der Waals surface area (Å²) >= 11 is 0. The van der Waals surface area contributed by atoms with Gasteiger partial charge in [-0.05, 0) is 26.7 Å². The number of carboxylic acid groups (broad SMARTS) is 1. The van der Waals surface area contributed by atoms with Gasteiger partial charge in [0.1, 0.15) is 0 Å². The van der Waals surface area contributed by atoms with Gasteiger partial charge in [-0.25, -0.2) is 0 Å². The molecule has 13 heavy (non-hydrogen) atoms. The lowest BCUT2D eigenvalue weighted by molar-refractivity contribution is -0.149. The van der Waals surface area contributed by atoms with E-state index in [1.807, 2.05) is 27.7 Å². The van der Waals surface area contributed by atoms with Crippen LogP contribution in [0.4, 0.5) is 0 Å². The van der Waals surface area contributed by atoms with Gasteiger partial charge in [-0.1, -0.05) is 13.8 Å². The Morgan fingerprint density at radius 3 is 2.08 bits per heavy atom. The van der Waals surface area contributed by atoms with Gasteiger partial charge < -0.3 is 9.84 Å². The van der Waals surface area contributed by atoms with Crippen LogP contribution < -0.4 is 0 Å². The van der Waals surface area contributed by atoms with Gasteiger partial charge in [0, 0.05) is 0 Å². The van der Waals surface area contributed by atoms with Crippen LogP contribution in [0.3, 0.4) is 0 Å². The zero-order valence-electron chi connectivity index (χ0n) is 8.91. The highest BCUT2D eigenvalue weighted by molar-refractivity contribution is 5.70. The lowest BCUT2D eigenvalue weighted by Gasteiger charge is -2.24. The summed E-state index contributed by atoms with van der Waals surface area (Å²) in [5, 5.41) is 8.91. The third-order valence-electron chi connectivity index (χ3n) is 2.06. The molecule has 0 saturated heterocycles. The van der Waals surface area contributed by atoms with Crippen molar-refractivity contribution in [1.82, 2.24) is 0 Å². The highest BCUT2D eigenvalue weighted by Gasteiger charge is 2.26. The molecular weight excluding hydrogens is 168 g/mol. The molecule has 0 saturated carbocycles. The normalized spacial score (nSPS) is 15.8. The molecule has 0 bridgehead atoms. The molecule has 0 amide bonds. The lowest BCUT2D eigenvalue weighted by Crippen LogP contribution is -2.31. The third kappa shape index (κ3) is 4.27. The van der Waals surface area contributed by atoms with Crippen molar-refractivity contribution in [3.63, 3.8) is 0 Å². The number of aliphatic carboxylic acids is 1. The molecular formula is C10H20O3. The Balaban J connectivity index is 4.25. The van der Waals surface area contributed by atoms with Crippen molar-refractivity contribution in [2.45, 2.75) is 52.7 Å². The molecule has 0 aromatic carbocycles. The van der Waals surface area contributed by atoms with Crippen molar-refractivity contribution < 1.29 is 14.6 Å². The van der Waals surface area contributed by atoms with Crippen molar-refractivity contribution in [3.05, 3.63) is 0 Å². The summed E-state index contributed by atoms with van der Waals surface area (Å²) in [5.41, 5.74) is 0. The number of hydrogen-bond donors (Lipinski definition) is 1. The summed E-state index contributed by atoms with van der Waals surface area (Å²) in [6.07, 6.45) is 1.32. The van der Waals surface area contributed by atoms with E-state index in [1.54, 1.807) is 0 Å². The molecule has 1 N–H and O–H groups in total. The summed E-state index contributed by atoms with van der Waals surface area (Å²) in [6.45, 7) is 7.69. The van der Waals surface area contributed by atoms with Gasteiger partial charge in [-0.15, -0.1) is 0 Å². The van der Waals surface area contributed by atoms with E-state index >= 15 is 0 Å². The first-order chi connectivity index (χ1) is 6.02. The lowest BCUT2D eigenvalue weighted by atomic mass is 9.97. The van der Waals surface area contributed by atoms with Crippen molar-refractivity contribution in [2.24, 2.45) is 5.92 Å². The first kappa shape index (κ1) is 12.4. The molecule has 78 valence electrons. The van der Waals surface area contributed by atoms with E-state index in [0.29, 0.717) is 6.42 Å². The molecule has 0 rings (SSSR count). The summed E-state index contributed by atoms with van der Waals surface area (Å²) in [5.74, 6) is -1.12. The Kier molecular flexibility index (Phi) is 5.71. The molecule has 2 unspecified atom stereocenters. The number of ether oxygens (including phenoxy) is 1. The summed E-state index contributed by atoms with van der Waals surface area (Å²) < 4.78 is 5.53. The molecule has 3 nitrogen and oxygen atoms in total. The number of carbonyl (C=O) groups is 1. The third-order valence-corrected chi connectivity index (χ3v) is 2.06. The standard InChI is InChI=1S/C10H20O3/c1-5-8(10(11)12)9(6-2)13-7(3)4/h7-9H,5-6H2,1-4H3,(H,11,12). The van der Waals surface area contributed by atoms with Gasteiger partial charge in [-0.2, -0.15) is 0 Å². The average molecular weight is 188 g/mol. The van der Waals surface area contributed by atoms with E-state index in [0.717, 1.165) is 6.42 Å². The number of carboxylic acids is 1. The van der Waals surface area contributed by atoms with Crippen LogP contribution in [0.2, 0.25) is 0 Å². The molecule has 0 spiro atoms. The Hall–Kier alpha value is -0.570. The highest BCUT2D eigenvalue weighted by Crippen LogP contribution is 2.17. The van der Waals surface area contributed by atoms with Crippen LogP contribution >= 0.6 is 0 Å². The molecule has 2 atom stereocenters. The van der Waals surface area contributed by atoms with Crippen molar-refractivity contribution in [1.29, 1.82) is 0 Å². The average Bonchev–Trinajstić information content (AvgIpc) is 2.02. The zero-order valence-corrected chi connectivity index (χ0v) is 8.91. The van der Waals surface area contributed by atoms with Crippen molar-refractivity contribution >= 4 is 5.97 Å². The molecule has 0 heterocycles. The Labute approximate surface area is 80.1 Å². The van der Waals surface area contributed by atoms with Crippen LogP contribution in [0.15, 0.2) is 0 Å². The van der Waals surface area contributed by atoms with Gasteiger partial charge in [0.15, 0.2) is 0 Å². The fourth-order valence-corrected chi connectivity index (χ4v) is 1.42. The van der Waals surface area contributed by atoms with E-state index in [-0.39, 0.29) is 18.1 Å². The van der Waals surface area contributed by atoms with Gasteiger partial charge >= 0.3 is 5.97 Å². The van der Waals surface area contributed by atoms with Crippen LogP contribution in [0, 0.1) is 5.92 Å². The minimum atomic E-state index is -0.755.